The highest BCUT2D eigenvalue weighted by Gasteiger charge is 2.19. The van der Waals surface area contributed by atoms with Crippen molar-refractivity contribution in [2.75, 3.05) is 7.11 Å². The molecule has 98 valence electrons. The highest BCUT2D eigenvalue weighted by Crippen LogP contribution is 2.35. The molecule has 0 aliphatic carbocycles. The Morgan fingerprint density at radius 3 is 2.89 bits per heavy atom. The number of hydrogen-bond donors (Lipinski definition) is 1. The van der Waals surface area contributed by atoms with Gasteiger partial charge in [-0.15, -0.1) is 11.3 Å². The molecule has 0 aliphatic heterocycles. The third kappa shape index (κ3) is 2.13. The summed E-state index contributed by atoms with van der Waals surface area (Å²) >= 11 is 1.58. The van der Waals surface area contributed by atoms with Crippen LogP contribution >= 0.6 is 11.3 Å². The van der Waals surface area contributed by atoms with Crippen molar-refractivity contribution in [3.63, 3.8) is 0 Å². The Kier molecular flexibility index (Phi) is 3.05. The molecule has 1 unspecified atom stereocenters. The van der Waals surface area contributed by atoms with Gasteiger partial charge in [0.2, 0.25) is 0 Å². The predicted molar refractivity (Wildman–Crippen MR) is 77.9 cm³/mol. The van der Waals surface area contributed by atoms with Crippen LogP contribution in [0.4, 0.5) is 0 Å². The van der Waals surface area contributed by atoms with Gasteiger partial charge in [-0.1, -0.05) is 11.6 Å². The highest BCUT2D eigenvalue weighted by atomic mass is 32.1. The van der Waals surface area contributed by atoms with Gasteiger partial charge < -0.3 is 14.9 Å². The Balaban J connectivity index is 2.04. The van der Waals surface area contributed by atoms with Gasteiger partial charge in [-0.3, -0.25) is 0 Å². The van der Waals surface area contributed by atoms with Crippen LogP contribution in [0, 0.1) is 6.92 Å². The van der Waals surface area contributed by atoms with E-state index < -0.39 is 0 Å². The topological polar surface area (TPSA) is 48.4 Å². The van der Waals surface area contributed by atoms with E-state index in [-0.39, 0.29) is 6.04 Å². The summed E-state index contributed by atoms with van der Waals surface area (Å²) in [4.78, 5) is 0.985. The van der Waals surface area contributed by atoms with E-state index in [2.05, 4.69) is 13.0 Å². The number of rotatable bonds is 3. The molecule has 1 aromatic carbocycles. The van der Waals surface area contributed by atoms with Gasteiger partial charge in [-0.25, -0.2) is 0 Å². The van der Waals surface area contributed by atoms with Crippen molar-refractivity contribution in [2.45, 2.75) is 13.0 Å². The molecule has 0 amide bonds. The van der Waals surface area contributed by atoms with Crippen LogP contribution in [0.2, 0.25) is 0 Å². The fourth-order valence-electron chi connectivity index (χ4n) is 2.17. The van der Waals surface area contributed by atoms with Crippen molar-refractivity contribution in [3.05, 3.63) is 51.9 Å². The maximum absolute atomic E-state index is 6.28. The van der Waals surface area contributed by atoms with Crippen molar-refractivity contribution in [1.82, 2.24) is 0 Å². The fourth-order valence-corrected chi connectivity index (χ4v) is 3.04. The van der Waals surface area contributed by atoms with Gasteiger partial charge >= 0.3 is 0 Å². The Hall–Kier alpha value is -1.78. The Morgan fingerprint density at radius 1 is 1.26 bits per heavy atom. The number of benzene rings is 1. The van der Waals surface area contributed by atoms with Gasteiger partial charge in [-0.2, -0.15) is 0 Å². The summed E-state index contributed by atoms with van der Waals surface area (Å²) in [6, 6.07) is 9.75. The number of ether oxygens (including phenoxy) is 1. The number of methoxy groups -OCH3 is 1. The summed E-state index contributed by atoms with van der Waals surface area (Å²) in [6.45, 7) is 2.06. The molecule has 3 aromatic rings. The first-order valence-electron chi connectivity index (χ1n) is 6.06. The molecule has 2 N–H and O–H groups in total. The lowest BCUT2D eigenvalue weighted by Gasteiger charge is -2.08. The zero-order valence-electron chi connectivity index (χ0n) is 10.8. The zero-order valence-corrected chi connectivity index (χ0v) is 11.7. The molecule has 1 atom stereocenters. The molecule has 0 fully saturated rings. The highest BCUT2D eigenvalue weighted by molar-refractivity contribution is 7.10. The first kappa shape index (κ1) is 12.3. The molecule has 0 saturated carbocycles. The minimum atomic E-state index is -0.289. The maximum Gasteiger partial charge on any atom is 0.134 e. The number of aryl methyl sites for hydroxylation is 1. The van der Waals surface area contributed by atoms with E-state index in [0.29, 0.717) is 0 Å². The van der Waals surface area contributed by atoms with Crippen LogP contribution in [-0.4, -0.2) is 7.11 Å². The standard InChI is InChI=1S/C15H15NO2S/c1-9-3-4-11-10(7-9)8-13(18-11)14(16)15-12(17-2)5-6-19-15/h3-8,14H,16H2,1-2H3. The monoisotopic (exact) mass is 273 g/mol. The SMILES string of the molecule is COc1ccsc1C(N)c1cc2cc(C)ccc2o1. The summed E-state index contributed by atoms with van der Waals surface area (Å²) in [7, 11) is 1.65. The fraction of sp³-hybridized carbons (Fsp3) is 0.200. The van der Waals surface area contributed by atoms with Crippen LogP contribution in [0.3, 0.4) is 0 Å². The molecule has 4 heteroatoms. The number of nitrogens with two attached hydrogens (primary N) is 1. The largest absolute Gasteiger partial charge is 0.496 e. The summed E-state index contributed by atoms with van der Waals surface area (Å²) < 4.78 is 11.1. The first-order valence-corrected chi connectivity index (χ1v) is 6.94. The van der Waals surface area contributed by atoms with Crippen LogP contribution in [0.25, 0.3) is 11.0 Å². The molecule has 0 saturated heterocycles. The van der Waals surface area contributed by atoms with Crippen LogP contribution in [0.5, 0.6) is 5.75 Å². The molecule has 0 bridgehead atoms. The van der Waals surface area contributed by atoms with Gasteiger partial charge in [0.25, 0.3) is 0 Å². The van der Waals surface area contributed by atoms with E-state index in [1.807, 2.05) is 29.6 Å². The first-order chi connectivity index (χ1) is 9.19. The van der Waals surface area contributed by atoms with Crippen molar-refractivity contribution in [1.29, 1.82) is 0 Å². The molecular formula is C15H15NO2S. The summed E-state index contributed by atoms with van der Waals surface area (Å²) in [6.07, 6.45) is 0. The van der Waals surface area contributed by atoms with E-state index >= 15 is 0 Å². The Morgan fingerprint density at radius 2 is 2.11 bits per heavy atom. The molecule has 2 heterocycles. The van der Waals surface area contributed by atoms with Crippen LogP contribution < -0.4 is 10.5 Å². The van der Waals surface area contributed by atoms with Gasteiger partial charge in [-0.05, 0) is 36.6 Å². The summed E-state index contributed by atoms with van der Waals surface area (Å²) in [5.41, 5.74) is 8.35. The van der Waals surface area contributed by atoms with Gasteiger partial charge in [0, 0.05) is 5.39 Å². The van der Waals surface area contributed by atoms with Crippen molar-refractivity contribution in [3.8, 4) is 5.75 Å². The minimum absolute atomic E-state index is 0.289. The molecular weight excluding hydrogens is 258 g/mol. The molecule has 2 aromatic heterocycles. The quantitative estimate of drug-likeness (QED) is 0.788. The minimum Gasteiger partial charge on any atom is -0.496 e. The second kappa shape index (κ2) is 4.72. The molecule has 3 rings (SSSR count). The number of hydrogen-bond acceptors (Lipinski definition) is 4. The lowest BCUT2D eigenvalue weighted by molar-refractivity contribution is 0.408. The Labute approximate surface area is 115 Å². The van der Waals surface area contributed by atoms with Gasteiger partial charge in [0.15, 0.2) is 0 Å². The van der Waals surface area contributed by atoms with E-state index in [9.17, 15) is 0 Å². The van der Waals surface area contributed by atoms with Crippen molar-refractivity contribution in [2.24, 2.45) is 5.73 Å². The number of thiophene rings is 1. The van der Waals surface area contributed by atoms with Crippen LogP contribution in [0.15, 0.2) is 40.1 Å². The van der Waals surface area contributed by atoms with Crippen LogP contribution in [-0.2, 0) is 0 Å². The maximum atomic E-state index is 6.28. The third-order valence-corrected chi connectivity index (χ3v) is 4.14. The third-order valence-electron chi connectivity index (χ3n) is 3.16. The van der Waals surface area contributed by atoms with Gasteiger partial charge in [0.1, 0.15) is 23.1 Å². The summed E-state index contributed by atoms with van der Waals surface area (Å²) in [5.74, 6) is 1.58. The normalized spacial score (nSPS) is 12.8. The average Bonchev–Trinajstić information content (AvgIpc) is 3.03. The number of fused-ring (bicyclic) bond motifs is 1. The van der Waals surface area contributed by atoms with Gasteiger partial charge in [0.05, 0.1) is 12.0 Å². The second-order valence-electron chi connectivity index (χ2n) is 4.52. The second-order valence-corrected chi connectivity index (χ2v) is 5.47. The van der Waals surface area contributed by atoms with Crippen molar-refractivity contribution >= 4 is 22.3 Å². The lowest BCUT2D eigenvalue weighted by Crippen LogP contribution is -2.10. The smallest absolute Gasteiger partial charge is 0.134 e. The van der Waals surface area contributed by atoms with E-state index in [1.54, 1.807) is 18.4 Å². The molecule has 0 aliphatic rings. The molecule has 3 nitrogen and oxygen atoms in total. The van der Waals surface area contributed by atoms with Crippen LogP contribution in [0.1, 0.15) is 22.2 Å². The van der Waals surface area contributed by atoms with E-state index in [1.165, 1.54) is 5.56 Å². The van der Waals surface area contributed by atoms with E-state index in [4.69, 9.17) is 14.9 Å². The average molecular weight is 273 g/mol. The zero-order chi connectivity index (χ0) is 13.4. The predicted octanol–water partition coefficient (Wildman–Crippen LogP) is 3.86. The molecule has 19 heavy (non-hydrogen) atoms. The lowest BCUT2D eigenvalue weighted by atomic mass is 10.1. The number of furan rings is 1. The van der Waals surface area contributed by atoms with E-state index in [0.717, 1.165) is 27.4 Å². The summed E-state index contributed by atoms with van der Waals surface area (Å²) in [5, 5.41) is 3.06. The molecule has 0 spiro atoms. The molecule has 0 radical (unpaired) electrons. The van der Waals surface area contributed by atoms with Crippen molar-refractivity contribution < 1.29 is 9.15 Å². The Bertz CT molecular complexity index is 714.